The summed E-state index contributed by atoms with van der Waals surface area (Å²) in [5, 5.41) is 19.2. The quantitative estimate of drug-likeness (QED) is 0.822. The Morgan fingerprint density at radius 3 is 2.75 bits per heavy atom. The van der Waals surface area contributed by atoms with Crippen LogP contribution in [-0.4, -0.2) is 31.3 Å². The number of anilines is 1. The van der Waals surface area contributed by atoms with Crippen LogP contribution in [-0.2, 0) is 0 Å². The van der Waals surface area contributed by atoms with Gasteiger partial charge in [-0.15, -0.1) is 14.8 Å². The lowest BCUT2D eigenvalue weighted by Gasteiger charge is -2.32. The topological polar surface area (TPSA) is 68.0 Å². The van der Waals surface area contributed by atoms with Crippen LogP contribution in [0.15, 0.2) is 12.1 Å². The van der Waals surface area contributed by atoms with Crippen molar-refractivity contribution < 1.29 is 0 Å². The number of fused-ring (bicyclic) bond motifs is 1. The molecule has 20 heavy (non-hydrogen) atoms. The molecule has 0 aliphatic heterocycles. The number of nitrogens with one attached hydrogen (secondary N) is 1. The molecule has 0 aromatic carbocycles. The zero-order valence-corrected chi connectivity index (χ0v) is 12.8. The summed E-state index contributed by atoms with van der Waals surface area (Å²) in [6, 6.07) is 4.20. The maximum atomic E-state index is 4.39. The third kappa shape index (κ3) is 3.65. The first-order chi connectivity index (χ1) is 9.50. The van der Waals surface area contributed by atoms with Gasteiger partial charge in [-0.3, -0.25) is 0 Å². The van der Waals surface area contributed by atoms with E-state index in [-0.39, 0.29) is 5.41 Å². The molecule has 0 aliphatic rings. The molecule has 0 aliphatic carbocycles. The number of tetrazole rings is 1. The second-order valence-corrected chi connectivity index (χ2v) is 6.30. The van der Waals surface area contributed by atoms with Gasteiger partial charge >= 0.3 is 0 Å². The van der Waals surface area contributed by atoms with Crippen molar-refractivity contribution >= 4 is 11.5 Å². The Morgan fingerprint density at radius 2 is 2.05 bits per heavy atom. The highest BCUT2D eigenvalue weighted by Gasteiger charge is 2.24. The van der Waals surface area contributed by atoms with E-state index in [9.17, 15) is 0 Å². The SMILES string of the molecule is CCCCCC(Nc1ccc2nnnn2n1)C(C)(C)C. The van der Waals surface area contributed by atoms with E-state index in [1.54, 1.807) is 0 Å². The zero-order valence-electron chi connectivity index (χ0n) is 12.8. The van der Waals surface area contributed by atoms with Gasteiger partial charge in [0.05, 0.1) is 0 Å². The predicted molar refractivity (Wildman–Crippen MR) is 79.6 cm³/mol. The van der Waals surface area contributed by atoms with Gasteiger partial charge in [0.2, 0.25) is 0 Å². The lowest BCUT2D eigenvalue weighted by Crippen LogP contribution is -2.34. The molecule has 0 amide bonds. The van der Waals surface area contributed by atoms with Crippen LogP contribution in [0.5, 0.6) is 0 Å². The lowest BCUT2D eigenvalue weighted by molar-refractivity contribution is 0.318. The van der Waals surface area contributed by atoms with Crippen molar-refractivity contribution in [3.8, 4) is 0 Å². The van der Waals surface area contributed by atoms with Gasteiger partial charge in [0.15, 0.2) is 5.65 Å². The van der Waals surface area contributed by atoms with Crippen LogP contribution in [0, 0.1) is 5.41 Å². The number of hydrogen-bond acceptors (Lipinski definition) is 5. The molecule has 0 saturated carbocycles. The Morgan fingerprint density at radius 1 is 1.25 bits per heavy atom. The molecule has 1 atom stereocenters. The van der Waals surface area contributed by atoms with Crippen molar-refractivity contribution in [2.75, 3.05) is 5.32 Å². The van der Waals surface area contributed by atoms with Crippen LogP contribution in [0.25, 0.3) is 5.65 Å². The smallest absolute Gasteiger partial charge is 0.200 e. The molecule has 2 aromatic rings. The molecule has 2 heterocycles. The van der Waals surface area contributed by atoms with Gasteiger partial charge in [0.25, 0.3) is 0 Å². The lowest BCUT2D eigenvalue weighted by atomic mass is 9.83. The van der Waals surface area contributed by atoms with E-state index >= 15 is 0 Å². The molecule has 0 saturated heterocycles. The molecule has 0 spiro atoms. The average Bonchev–Trinajstić information content (AvgIpc) is 2.84. The number of rotatable bonds is 6. The summed E-state index contributed by atoms with van der Waals surface area (Å²) in [6.45, 7) is 9.00. The van der Waals surface area contributed by atoms with Gasteiger partial charge in [-0.25, -0.2) is 0 Å². The van der Waals surface area contributed by atoms with Gasteiger partial charge in [0.1, 0.15) is 5.82 Å². The van der Waals surface area contributed by atoms with E-state index in [4.69, 9.17) is 0 Å². The summed E-state index contributed by atoms with van der Waals surface area (Å²) in [5.41, 5.74) is 0.846. The number of aromatic nitrogens is 5. The fraction of sp³-hybridized carbons (Fsp3) is 0.714. The van der Waals surface area contributed by atoms with E-state index in [2.05, 4.69) is 53.6 Å². The summed E-state index contributed by atoms with van der Waals surface area (Å²) >= 11 is 0. The normalized spacial score (nSPS) is 13.6. The Balaban J connectivity index is 2.09. The van der Waals surface area contributed by atoms with Gasteiger partial charge < -0.3 is 5.32 Å². The average molecular weight is 276 g/mol. The van der Waals surface area contributed by atoms with E-state index in [1.807, 2.05) is 12.1 Å². The highest BCUT2D eigenvalue weighted by atomic mass is 15.6. The van der Waals surface area contributed by atoms with Gasteiger partial charge in [-0.1, -0.05) is 47.0 Å². The minimum Gasteiger partial charge on any atom is -0.365 e. The monoisotopic (exact) mass is 276 g/mol. The van der Waals surface area contributed by atoms with Gasteiger partial charge in [-0.2, -0.15) is 0 Å². The second kappa shape index (κ2) is 6.15. The minimum atomic E-state index is 0.186. The first kappa shape index (κ1) is 14.7. The van der Waals surface area contributed by atoms with E-state index in [0.717, 1.165) is 12.2 Å². The minimum absolute atomic E-state index is 0.186. The van der Waals surface area contributed by atoms with Crippen LogP contribution >= 0.6 is 0 Å². The third-order valence-corrected chi connectivity index (χ3v) is 3.53. The first-order valence-electron chi connectivity index (χ1n) is 7.32. The summed E-state index contributed by atoms with van der Waals surface area (Å²) in [5.74, 6) is 0.821. The number of unbranched alkanes of at least 4 members (excludes halogenated alkanes) is 2. The van der Waals surface area contributed by atoms with Crippen LogP contribution in [0.2, 0.25) is 0 Å². The molecule has 6 heteroatoms. The van der Waals surface area contributed by atoms with E-state index in [0.29, 0.717) is 11.7 Å². The van der Waals surface area contributed by atoms with Crippen LogP contribution in [0.3, 0.4) is 0 Å². The molecular formula is C14H24N6. The second-order valence-electron chi connectivity index (χ2n) is 6.30. The zero-order chi connectivity index (χ0) is 14.6. The summed E-state index contributed by atoms with van der Waals surface area (Å²) < 4.78 is 1.45. The molecule has 1 N–H and O–H groups in total. The summed E-state index contributed by atoms with van der Waals surface area (Å²) in [7, 11) is 0. The predicted octanol–water partition coefficient (Wildman–Crippen LogP) is 2.93. The Bertz CT molecular complexity index is 542. The van der Waals surface area contributed by atoms with Crippen molar-refractivity contribution in [3.05, 3.63) is 12.1 Å². The molecule has 2 aromatic heterocycles. The standard InChI is InChI=1S/C14H24N6/c1-5-6-7-8-11(14(2,3)4)15-12-9-10-13-16-18-19-20(13)17-12/h9-11H,5-8H2,1-4H3,(H,15,17). The van der Waals surface area contributed by atoms with Crippen LogP contribution in [0.4, 0.5) is 5.82 Å². The Labute approximate surface area is 120 Å². The summed E-state index contributed by atoms with van der Waals surface area (Å²) in [6.07, 6.45) is 4.89. The third-order valence-electron chi connectivity index (χ3n) is 3.53. The molecule has 2 rings (SSSR count). The molecule has 6 nitrogen and oxygen atoms in total. The molecule has 0 fully saturated rings. The fourth-order valence-corrected chi connectivity index (χ4v) is 2.23. The van der Waals surface area contributed by atoms with Crippen molar-refractivity contribution in [1.29, 1.82) is 0 Å². The maximum Gasteiger partial charge on any atom is 0.200 e. The number of nitrogens with zero attached hydrogens (tertiary/aromatic N) is 5. The highest BCUT2D eigenvalue weighted by molar-refractivity contribution is 5.42. The van der Waals surface area contributed by atoms with Crippen molar-refractivity contribution in [1.82, 2.24) is 25.3 Å². The maximum absolute atomic E-state index is 4.39. The Hall–Kier alpha value is -1.72. The fourth-order valence-electron chi connectivity index (χ4n) is 2.23. The Kier molecular flexibility index (Phi) is 4.52. The van der Waals surface area contributed by atoms with E-state index < -0.39 is 0 Å². The van der Waals surface area contributed by atoms with Gasteiger partial charge in [-0.05, 0) is 34.4 Å². The molecule has 110 valence electrons. The van der Waals surface area contributed by atoms with Crippen LogP contribution in [0.1, 0.15) is 53.4 Å². The highest BCUT2D eigenvalue weighted by Crippen LogP contribution is 2.26. The summed E-state index contributed by atoms with van der Waals surface area (Å²) in [4.78, 5) is 0. The van der Waals surface area contributed by atoms with Crippen molar-refractivity contribution in [3.63, 3.8) is 0 Å². The largest absolute Gasteiger partial charge is 0.365 e. The van der Waals surface area contributed by atoms with Crippen molar-refractivity contribution in [2.45, 2.75) is 59.4 Å². The first-order valence-corrected chi connectivity index (χ1v) is 7.32. The van der Waals surface area contributed by atoms with Crippen LogP contribution < -0.4 is 5.32 Å². The van der Waals surface area contributed by atoms with Gasteiger partial charge in [0, 0.05) is 6.04 Å². The molecular weight excluding hydrogens is 252 g/mol. The number of hydrogen-bond donors (Lipinski definition) is 1. The molecule has 0 radical (unpaired) electrons. The van der Waals surface area contributed by atoms with Crippen molar-refractivity contribution in [2.24, 2.45) is 5.41 Å². The molecule has 0 bridgehead atoms. The molecule has 1 unspecified atom stereocenters. The van der Waals surface area contributed by atoms with E-state index in [1.165, 1.54) is 23.9 Å².